The number of anilines is 1. The van der Waals surface area contributed by atoms with Crippen LogP contribution in [0.25, 0.3) is 0 Å². The molecule has 100 valence electrons. The number of nitrogens with one attached hydrogen (secondary N) is 1. The first-order chi connectivity index (χ1) is 8.65. The molecule has 1 aliphatic heterocycles. The van der Waals surface area contributed by atoms with Crippen LogP contribution >= 0.6 is 15.9 Å². The van der Waals surface area contributed by atoms with E-state index in [1.165, 1.54) is 5.69 Å². The van der Waals surface area contributed by atoms with Crippen molar-refractivity contribution in [3.63, 3.8) is 0 Å². The fourth-order valence-corrected chi connectivity index (χ4v) is 2.85. The van der Waals surface area contributed by atoms with Crippen LogP contribution in [0.5, 0.6) is 5.75 Å². The molecule has 2 unspecified atom stereocenters. The van der Waals surface area contributed by atoms with Crippen molar-refractivity contribution >= 4 is 21.6 Å². The van der Waals surface area contributed by atoms with Gasteiger partial charge < -0.3 is 15.0 Å². The van der Waals surface area contributed by atoms with Crippen molar-refractivity contribution in [1.82, 2.24) is 5.32 Å². The van der Waals surface area contributed by atoms with Crippen molar-refractivity contribution in [3.8, 4) is 5.75 Å². The van der Waals surface area contributed by atoms with Gasteiger partial charge in [-0.15, -0.1) is 0 Å². The summed E-state index contributed by atoms with van der Waals surface area (Å²) in [6, 6.07) is 7.24. The molecule has 0 bridgehead atoms. The van der Waals surface area contributed by atoms with Crippen LogP contribution in [0.2, 0.25) is 0 Å². The van der Waals surface area contributed by atoms with Crippen LogP contribution in [0.4, 0.5) is 5.69 Å². The van der Waals surface area contributed by atoms with E-state index < -0.39 is 0 Å². The quantitative estimate of drug-likeness (QED) is 0.928. The Morgan fingerprint density at radius 1 is 1.50 bits per heavy atom. The van der Waals surface area contributed by atoms with Crippen molar-refractivity contribution in [1.29, 1.82) is 0 Å². The summed E-state index contributed by atoms with van der Waals surface area (Å²) in [6.07, 6.45) is 1.13. The number of ether oxygens (including phenoxy) is 1. The van der Waals surface area contributed by atoms with Crippen LogP contribution < -0.4 is 15.0 Å². The molecular weight excluding hydrogens is 292 g/mol. The van der Waals surface area contributed by atoms with Crippen LogP contribution in [-0.2, 0) is 0 Å². The number of halogens is 1. The van der Waals surface area contributed by atoms with Gasteiger partial charge in [-0.3, -0.25) is 0 Å². The summed E-state index contributed by atoms with van der Waals surface area (Å²) in [6.45, 7) is 6.52. The lowest BCUT2D eigenvalue weighted by Gasteiger charge is -2.41. The third kappa shape index (κ3) is 2.81. The molecule has 3 nitrogen and oxygen atoms in total. The average molecular weight is 313 g/mol. The largest absolute Gasteiger partial charge is 0.495 e. The fourth-order valence-electron chi connectivity index (χ4n) is 2.50. The zero-order valence-corrected chi connectivity index (χ0v) is 12.8. The molecule has 0 aliphatic carbocycles. The first kappa shape index (κ1) is 13.7. The molecule has 4 heteroatoms. The minimum absolute atomic E-state index is 0.511. The Hall–Kier alpha value is -0.740. The Morgan fingerprint density at radius 2 is 2.28 bits per heavy atom. The smallest absolute Gasteiger partial charge is 0.142 e. The van der Waals surface area contributed by atoms with Gasteiger partial charge in [-0.05, 0) is 31.5 Å². The van der Waals surface area contributed by atoms with Gasteiger partial charge in [0.05, 0.1) is 12.8 Å². The Balaban J connectivity index is 2.34. The van der Waals surface area contributed by atoms with Gasteiger partial charge >= 0.3 is 0 Å². The third-order valence-electron chi connectivity index (χ3n) is 3.53. The van der Waals surface area contributed by atoms with Gasteiger partial charge in [0, 0.05) is 29.6 Å². The van der Waals surface area contributed by atoms with Gasteiger partial charge in [0.15, 0.2) is 0 Å². The monoisotopic (exact) mass is 312 g/mol. The van der Waals surface area contributed by atoms with Gasteiger partial charge in [0.1, 0.15) is 5.75 Å². The lowest BCUT2D eigenvalue weighted by atomic mass is 10.1. The van der Waals surface area contributed by atoms with E-state index in [0.717, 1.165) is 29.7 Å². The van der Waals surface area contributed by atoms with Crippen LogP contribution in [0.1, 0.15) is 20.3 Å². The van der Waals surface area contributed by atoms with Crippen molar-refractivity contribution < 1.29 is 4.74 Å². The van der Waals surface area contributed by atoms with Crippen molar-refractivity contribution in [2.24, 2.45) is 0 Å². The molecule has 1 fully saturated rings. The predicted octanol–water partition coefficient (Wildman–Crippen LogP) is 3.03. The number of hydrogen-bond acceptors (Lipinski definition) is 3. The number of rotatable bonds is 3. The van der Waals surface area contributed by atoms with Gasteiger partial charge in [-0.1, -0.05) is 22.9 Å². The van der Waals surface area contributed by atoms with E-state index in [1.807, 2.05) is 12.1 Å². The first-order valence-electron chi connectivity index (χ1n) is 6.49. The molecule has 1 aromatic rings. The maximum atomic E-state index is 5.50. The van der Waals surface area contributed by atoms with Crippen LogP contribution in [0, 0.1) is 0 Å². The van der Waals surface area contributed by atoms with E-state index >= 15 is 0 Å². The number of hydrogen-bond donors (Lipinski definition) is 1. The molecule has 2 atom stereocenters. The van der Waals surface area contributed by atoms with E-state index in [-0.39, 0.29) is 0 Å². The highest BCUT2D eigenvalue weighted by Gasteiger charge is 2.26. The molecule has 0 radical (unpaired) electrons. The molecule has 1 saturated heterocycles. The summed E-state index contributed by atoms with van der Waals surface area (Å²) in [5.41, 5.74) is 1.19. The molecule has 0 aromatic heterocycles. The molecule has 1 aliphatic rings. The lowest BCUT2D eigenvalue weighted by Crippen LogP contribution is -2.55. The van der Waals surface area contributed by atoms with E-state index in [1.54, 1.807) is 7.11 Å². The molecule has 2 rings (SSSR count). The van der Waals surface area contributed by atoms with E-state index in [4.69, 9.17) is 4.74 Å². The van der Waals surface area contributed by atoms with E-state index in [9.17, 15) is 0 Å². The fraction of sp³-hybridized carbons (Fsp3) is 0.571. The second kappa shape index (κ2) is 5.93. The van der Waals surface area contributed by atoms with E-state index in [2.05, 4.69) is 46.1 Å². The molecular formula is C14H21BrN2O. The maximum absolute atomic E-state index is 5.50. The number of nitrogens with zero attached hydrogens (tertiary/aromatic N) is 1. The standard InChI is InChI=1S/C14H21BrN2O/c1-4-12-8-16-10(2)9-17(12)13-7-11(15)5-6-14(13)18-3/h5-7,10,12,16H,4,8-9H2,1-3H3. The van der Waals surface area contributed by atoms with Gasteiger partial charge in [0.2, 0.25) is 0 Å². The number of benzene rings is 1. The predicted molar refractivity (Wildman–Crippen MR) is 79.6 cm³/mol. The zero-order chi connectivity index (χ0) is 13.1. The highest BCUT2D eigenvalue weighted by molar-refractivity contribution is 9.10. The first-order valence-corrected chi connectivity index (χ1v) is 7.28. The Morgan fingerprint density at radius 3 is 2.94 bits per heavy atom. The van der Waals surface area contributed by atoms with Gasteiger partial charge in [-0.2, -0.15) is 0 Å². The average Bonchev–Trinajstić information content (AvgIpc) is 2.38. The minimum atomic E-state index is 0.511. The molecule has 0 saturated carbocycles. The highest BCUT2D eigenvalue weighted by Crippen LogP contribution is 2.34. The summed E-state index contributed by atoms with van der Waals surface area (Å²) in [5, 5.41) is 3.54. The highest BCUT2D eigenvalue weighted by atomic mass is 79.9. The van der Waals surface area contributed by atoms with E-state index in [0.29, 0.717) is 12.1 Å². The van der Waals surface area contributed by atoms with Crippen molar-refractivity contribution in [3.05, 3.63) is 22.7 Å². The molecule has 18 heavy (non-hydrogen) atoms. The normalized spacial score (nSPS) is 24.1. The minimum Gasteiger partial charge on any atom is -0.495 e. The van der Waals surface area contributed by atoms with Crippen molar-refractivity contribution in [2.75, 3.05) is 25.1 Å². The number of methoxy groups -OCH3 is 1. The topological polar surface area (TPSA) is 24.5 Å². The second-order valence-electron chi connectivity index (χ2n) is 4.84. The van der Waals surface area contributed by atoms with Crippen LogP contribution in [-0.4, -0.2) is 32.3 Å². The summed E-state index contributed by atoms with van der Waals surface area (Å²) in [5.74, 6) is 0.950. The molecule has 1 N–H and O–H groups in total. The third-order valence-corrected chi connectivity index (χ3v) is 4.03. The van der Waals surface area contributed by atoms with Gasteiger partial charge in [0.25, 0.3) is 0 Å². The SMILES string of the molecule is CCC1CNC(C)CN1c1cc(Br)ccc1OC. The summed E-state index contributed by atoms with van der Waals surface area (Å²) < 4.78 is 6.60. The summed E-state index contributed by atoms with van der Waals surface area (Å²) in [7, 11) is 1.74. The second-order valence-corrected chi connectivity index (χ2v) is 5.76. The summed E-state index contributed by atoms with van der Waals surface area (Å²) in [4.78, 5) is 2.46. The molecule has 0 amide bonds. The van der Waals surface area contributed by atoms with Gasteiger partial charge in [-0.25, -0.2) is 0 Å². The Labute approximate surface area is 118 Å². The Bertz CT molecular complexity index is 411. The maximum Gasteiger partial charge on any atom is 0.142 e. The zero-order valence-electron chi connectivity index (χ0n) is 11.2. The van der Waals surface area contributed by atoms with Crippen LogP contribution in [0.15, 0.2) is 22.7 Å². The van der Waals surface area contributed by atoms with Crippen molar-refractivity contribution in [2.45, 2.75) is 32.4 Å². The molecule has 0 spiro atoms. The van der Waals surface area contributed by atoms with Crippen LogP contribution in [0.3, 0.4) is 0 Å². The summed E-state index contributed by atoms with van der Waals surface area (Å²) >= 11 is 3.55. The lowest BCUT2D eigenvalue weighted by molar-refractivity contribution is 0.385. The molecule has 1 heterocycles. The number of piperazine rings is 1. The molecule has 1 aromatic carbocycles. The Kier molecular flexibility index (Phi) is 4.51.